The van der Waals surface area contributed by atoms with E-state index in [2.05, 4.69) is 15.5 Å². The number of hydrogen-bond donors (Lipinski definition) is 3. The Hall–Kier alpha value is -2.63. The first-order chi connectivity index (χ1) is 8.68. The molecule has 0 aliphatic carbocycles. The highest BCUT2D eigenvalue weighted by Gasteiger charge is 2.10. The molecule has 0 saturated carbocycles. The van der Waals surface area contributed by atoms with Crippen LogP contribution >= 0.6 is 0 Å². The zero-order valence-corrected chi connectivity index (χ0v) is 9.50. The Morgan fingerprint density at radius 3 is 2.83 bits per heavy atom. The van der Waals surface area contributed by atoms with E-state index in [0.29, 0.717) is 12.2 Å². The number of hydrogen-bond acceptors (Lipinski definition) is 5. The summed E-state index contributed by atoms with van der Waals surface area (Å²) in [5.41, 5.74) is 7.39. The van der Waals surface area contributed by atoms with E-state index in [0.717, 1.165) is 5.69 Å². The highest BCUT2D eigenvalue weighted by molar-refractivity contribution is 5.97. The topological polar surface area (TPSA) is 101 Å². The molecule has 0 radical (unpaired) electrons. The summed E-state index contributed by atoms with van der Waals surface area (Å²) in [5.74, 6) is -1.05. The van der Waals surface area contributed by atoms with Gasteiger partial charge in [-0.1, -0.05) is 6.07 Å². The van der Waals surface area contributed by atoms with Crippen molar-refractivity contribution in [2.45, 2.75) is 6.54 Å². The number of rotatable bonds is 4. The second kappa shape index (κ2) is 5.13. The minimum atomic E-state index is -1.05. The van der Waals surface area contributed by atoms with Crippen LogP contribution in [0.15, 0.2) is 36.5 Å². The average molecular weight is 244 g/mol. The van der Waals surface area contributed by atoms with Crippen LogP contribution in [0.25, 0.3) is 0 Å². The second-order valence-corrected chi connectivity index (χ2v) is 3.64. The molecule has 92 valence electrons. The Labute approximate surface area is 103 Å². The van der Waals surface area contributed by atoms with Crippen LogP contribution in [-0.4, -0.2) is 21.3 Å². The molecule has 18 heavy (non-hydrogen) atoms. The maximum Gasteiger partial charge on any atom is 0.337 e. The maximum atomic E-state index is 10.9. The van der Waals surface area contributed by atoms with Crippen LogP contribution in [0.4, 0.5) is 11.4 Å². The van der Waals surface area contributed by atoms with Gasteiger partial charge in [-0.3, -0.25) is 0 Å². The molecule has 1 heterocycles. The lowest BCUT2D eigenvalue weighted by Gasteiger charge is -2.10. The number of aromatic nitrogens is 2. The first kappa shape index (κ1) is 11.8. The van der Waals surface area contributed by atoms with E-state index in [1.54, 1.807) is 24.4 Å². The molecule has 6 nitrogen and oxygen atoms in total. The molecule has 2 aromatic rings. The molecule has 0 atom stereocenters. The normalized spacial score (nSPS) is 10.0. The molecular formula is C12H12N4O2. The van der Waals surface area contributed by atoms with Crippen LogP contribution in [0.5, 0.6) is 0 Å². The summed E-state index contributed by atoms with van der Waals surface area (Å²) < 4.78 is 0. The molecule has 4 N–H and O–H groups in total. The highest BCUT2D eigenvalue weighted by atomic mass is 16.4. The fourth-order valence-electron chi connectivity index (χ4n) is 1.52. The van der Waals surface area contributed by atoms with E-state index in [1.165, 1.54) is 6.07 Å². The van der Waals surface area contributed by atoms with Crippen molar-refractivity contribution < 1.29 is 9.90 Å². The van der Waals surface area contributed by atoms with Gasteiger partial charge in [0.25, 0.3) is 0 Å². The number of nitrogens with one attached hydrogen (secondary N) is 1. The summed E-state index contributed by atoms with van der Waals surface area (Å²) >= 11 is 0. The third kappa shape index (κ3) is 2.54. The van der Waals surface area contributed by atoms with Gasteiger partial charge in [0.1, 0.15) is 0 Å². The summed E-state index contributed by atoms with van der Waals surface area (Å²) in [4.78, 5) is 10.9. The van der Waals surface area contributed by atoms with Gasteiger partial charge in [-0.2, -0.15) is 10.2 Å². The predicted octanol–water partition coefficient (Wildman–Crippen LogP) is 1.37. The lowest BCUT2D eigenvalue weighted by Crippen LogP contribution is -2.08. The predicted molar refractivity (Wildman–Crippen MR) is 67.2 cm³/mol. The Bertz CT molecular complexity index is 557. The van der Waals surface area contributed by atoms with Crippen molar-refractivity contribution in [3.8, 4) is 0 Å². The lowest BCUT2D eigenvalue weighted by molar-refractivity contribution is 0.0698. The van der Waals surface area contributed by atoms with Crippen LogP contribution in [0.2, 0.25) is 0 Å². The van der Waals surface area contributed by atoms with Crippen LogP contribution in [0.1, 0.15) is 16.1 Å². The molecule has 1 aromatic carbocycles. The Morgan fingerprint density at radius 1 is 1.33 bits per heavy atom. The standard InChI is InChI=1S/C12H12N4O2/c13-11-9(12(17)18)4-1-5-10(11)14-7-8-3-2-6-15-16-8/h1-6,14H,7,13H2,(H,17,18). The van der Waals surface area contributed by atoms with Crippen molar-refractivity contribution in [3.05, 3.63) is 47.8 Å². The van der Waals surface area contributed by atoms with E-state index in [4.69, 9.17) is 10.8 Å². The number of carboxylic acid groups (broad SMARTS) is 1. The van der Waals surface area contributed by atoms with E-state index in [1.807, 2.05) is 6.07 Å². The van der Waals surface area contributed by atoms with Crippen molar-refractivity contribution in [1.29, 1.82) is 0 Å². The zero-order valence-electron chi connectivity index (χ0n) is 9.50. The summed E-state index contributed by atoms with van der Waals surface area (Å²) in [5, 5.41) is 19.6. The number of carboxylic acids is 1. The molecule has 6 heteroatoms. The molecule has 0 bridgehead atoms. The number of benzene rings is 1. The van der Waals surface area contributed by atoms with Gasteiger partial charge in [0, 0.05) is 6.20 Å². The number of carbonyl (C=O) groups is 1. The molecule has 0 saturated heterocycles. The molecule has 2 rings (SSSR count). The minimum Gasteiger partial charge on any atom is -0.478 e. The molecule has 0 fully saturated rings. The molecule has 0 aliphatic heterocycles. The summed E-state index contributed by atoms with van der Waals surface area (Å²) in [6, 6.07) is 8.42. The van der Waals surface area contributed by atoms with E-state index in [9.17, 15) is 4.79 Å². The van der Waals surface area contributed by atoms with Gasteiger partial charge in [0.2, 0.25) is 0 Å². The minimum absolute atomic E-state index is 0.0825. The van der Waals surface area contributed by atoms with E-state index < -0.39 is 5.97 Å². The summed E-state index contributed by atoms with van der Waals surface area (Å²) in [6.45, 7) is 0.432. The molecular weight excluding hydrogens is 232 g/mol. The number of para-hydroxylation sites is 1. The largest absolute Gasteiger partial charge is 0.478 e. The summed E-state index contributed by atoms with van der Waals surface area (Å²) in [6.07, 6.45) is 1.59. The monoisotopic (exact) mass is 244 g/mol. The van der Waals surface area contributed by atoms with E-state index in [-0.39, 0.29) is 11.3 Å². The fourth-order valence-corrected chi connectivity index (χ4v) is 1.52. The first-order valence-corrected chi connectivity index (χ1v) is 5.30. The third-order valence-corrected chi connectivity index (χ3v) is 2.42. The van der Waals surface area contributed by atoms with Crippen LogP contribution in [0, 0.1) is 0 Å². The summed E-state index contributed by atoms with van der Waals surface area (Å²) in [7, 11) is 0. The highest BCUT2D eigenvalue weighted by Crippen LogP contribution is 2.23. The van der Waals surface area contributed by atoms with Gasteiger partial charge in [-0.15, -0.1) is 0 Å². The lowest BCUT2D eigenvalue weighted by atomic mass is 10.1. The van der Waals surface area contributed by atoms with Crippen molar-refractivity contribution >= 4 is 17.3 Å². The van der Waals surface area contributed by atoms with Crippen LogP contribution in [0.3, 0.4) is 0 Å². The van der Waals surface area contributed by atoms with Gasteiger partial charge in [0.05, 0.1) is 29.2 Å². The third-order valence-electron chi connectivity index (χ3n) is 2.42. The van der Waals surface area contributed by atoms with Crippen molar-refractivity contribution in [2.24, 2.45) is 0 Å². The molecule has 0 unspecified atom stereocenters. The molecule has 0 spiro atoms. The SMILES string of the molecule is Nc1c(NCc2cccnn2)cccc1C(=O)O. The van der Waals surface area contributed by atoms with Crippen molar-refractivity contribution in [3.63, 3.8) is 0 Å². The van der Waals surface area contributed by atoms with Gasteiger partial charge in [-0.25, -0.2) is 4.79 Å². The Balaban J connectivity index is 2.15. The maximum absolute atomic E-state index is 10.9. The molecule has 1 aromatic heterocycles. The number of nitrogens with zero attached hydrogens (tertiary/aromatic N) is 2. The number of aromatic carboxylic acids is 1. The molecule has 0 aliphatic rings. The van der Waals surface area contributed by atoms with Crippen LogP contribution in [-0.2, 0) is 6.54 Å². The Kier molecular flexibility index (Phi) is 3.38. The fraction of sp³-hybridized carbons (Fsp3) is 0.0833. The number of anilines is 2. The van der Waals surface area contributed by atoms with Gasteiger partial charge in [0.15, 0.2) is 0 Å². The quantitative estimate of drug-likeness (QED) is 0.702. The van der Waals surface area contributed by atoms with Gasteiger partial charge < -0.3 is 16.2 Å². The van der Waals surface area contributed by atoms with Crippen molar-refractivity contribution in [2.75, 3.05) is 11.1 Å². The smallest absolute Gasteiger partial charge is 0.337 e. The van der Waals surface area contributed by atoms with Gasteiger partial charge in [-0.05, 0) is 24.3 Å². The van der Waals surface area contributed by atoms with Gasteiger partial charge >= 0.3 is 5.97 Å². The zero-order chi connectivity index (χ0) is 13.0. The van der Waals surface area contributed by atoms with Crippen LogP contribution < -0.4 is 11.1 Å². The second-order valence-electron chi connectivity index (χ2n) is 3.64. The molecule has 0 amide bonds. The first-order valence-electron chi connectivity index (χ1n) is 5.30. The average Bonchev–Trinajstić information content (AvgIpc) is 2.38. The van der Waals surface area contributed by atoms with Crippen molar-refractivity contribution in [1.82, 2.24) is 10.2 Å². The number of nitrogens with two attached hydrogens (primary N) is 1. The number of nitrogen functional groups attached to an aromatic ring is 1. The van der Waals surface area contributed by atoms with E-state index >= 15 is 0 Å². The Morgan fingerprint density at radius 2 is 2.17 bits per heavy atom.